The number of hydrogen-bond acceptors (Lipinski definition) is 2. The molecule has 2 nitrogen and oxygen atoms in total. The number of halogens is 1. The molecule has 1 rings (SSSR count). The first kappa shape index (κ1) is 9.01. The van der Waals surface area contributed by atoms with Gasteiger partial charge in [-0.3, -0.25) is 4.79 Å². The van der Waals surface area contributed by atoms with Crippen LogP contribution in [0.25, 0.3) is 0 Å². The SMILES string of the molecule is CCN1CCC(C(=O)Cl)CC1. The third-order valence-electron chi connectivity index (χ3n) is 2.36. The van der Waals surface area contributed by atoms with Gasteiger partial charge in [-0.1, -0.05) is 6.92 Å². The van der Waals surface area contributed by atoms with Gasteiger partial charge in [0.1, 0.15) is 0 Å². The van der Waals surface area contributed by atoms with Crippen LogP contribution in [-0.4, -0.2) is 29.8 Å². The predicted molar refractivity (Wildman–Crippen MR) is 45.7 cm³/mol. The number of hydrogen-bond donors (Lipinski definition) is 0. The standard InChI is InChI=1S/C8H14ClNO/c1-2-10-5-3-7(4-6-10)8(9)11/h7H,2-6H2,1H3. The van der Waals surface area contributed by atoms with Crippen LogP contribution in [0.15, 0.2) is 0 Å². The highest BCUT2D eigenvalue weighted by Crippen LogP contribution is 2.18. The van der Waals surface area contributed by atoms with E-state index < -0.39 is 0 Å². The Kier molecular flexibility index (Phi) is 3.34. The molecule has 0 unspecified atom stereocenters. The lowest BCUT2D eigenvalue weighted by atomic mass is 9.98. The van der Waals surface area contributed by atoms with Crippen LogP contribution in [0, 0.1) is 5.92 Å². The number of carbonyl (C=O) groups excluding carboxylic acids is 1. The summed E-state index contributed by atoms with van der Waals surface area (Å²) < 4.78 is 0. The Hall–Kier alpha value is -0.0800. The summed E-state index contributed by atoms with van der Waals surface area (Å²) in [5.41, 5.74) is 0. The molecule has 0 radical (unpaired) electrons. The Labute approximate surface area is 72.5 Å². The van der Waals surface area contributed by atoms with E-state index in [9.17, 15) is 4.79 Å². The molecule has 0 amide bonds. The van der Waals surface area contributed by atoms with Gasteiger partial charge in [0.25, 0.3) is 0 Å². The smallest absolute Gasteiger partial charge is 0.224 e. The molecule has 11 heavy (non-hydrogen) atoms. The fraction of sp³-hybridized carbons (Fsp3) is 0.875. The average molecular weight is 176 g/mol. The zero-order valence-corrected chi connectivity index (χ0v) is 7.60. The molecular formula is C8H14ClNO. The average Bonchev–Trinajstić information content (AvgIpc) is 2.05. The van der Waals surface area contributed by atoms with Crippen molar-refractivity contribution in [1.29, 1.82) is 0 Å². The summed E-state index contributed by atoms with van der Waals surface area (Å²) in [6, 6.07) is 0. The van der Waals surface area contributed by atoms with E-state index in [1.54, 1.807) is 0 Å². The maximum atomic E-state index is 10.7. The maximum absolute atomic E-state index is 10.7. The Morgan fingerprint density at radius 3 is 2.45 bits per heavy atom. The van der Waals surface area contributed by atoms with E-state index in [-0.39, 0.29) is 11.2 Å². The lowest BCUT2D eigenvalue weighted by molar-refractivity contribution is -0.116. The van der Waals surface area contributed by atoms with E-state index in [0.29, 0.717) is 0 Å². The number of piperidine rings is 1. The molecule has 3 heteroatoms. The van der Waals surface area contributed by atoms with Crippen molar-refractivity contribution in [3.05, 3.63) is 0 Å². The van der Waals surface area contributed by atoms with E-state index in [4.69, 9.17) is 11.6 Å². The van der Waals surface area contributed by atoms with Crippen LogP contribution in [0.1, 0.15) is 19.8 Å². The summed E-state index contributed by atoms with van der Waals surface area (Å²) in [7, 11) is 0. The van der Waals surface area contributed by atoms with Crippen LogP contribution in [0.3, 0.4) is 0 Å². The summed E-state index contributed by atoms with van der Waals surface area (Å²) >= 11 is 5.39. The van der Waals surface area contributed by atoms with Crippen molar-refractivity contribution in [2.24, 2.45) is 5.92 Å². The van der Waals surface area contributed by atoms with Gasteiger partial charge in [-0.2, -0.15) is 0 Å². The lowest BCUT2D eigenvalue weighted by Gasteiger charge is -2.28. The summed E-state index contributed by atoms with van der Waals surface area (Å²) in [5.74, 6) is 0.125. The number of nitrogens with zero attached hydrogens (tertiary/aromatic N) is 1. The van der Waals surface area contributed by atoms with Gasteiger partial charge >= 0.3 is 0 Å². The highest BCUT2D eigenvalue weighted by Gasteiger charge is 2.22. The maximum Gasteiger partial charge on any atom is 0.224 e. The van der Waals surface area contributed by atoms with Crippen molar-refractivity contribution < 1.29 is 4.79 Å². The minimum atomic E-state index is -0.152. The van der Waals surface area contributed by atoms with Crippen molar-refractivity contribution in [2.45, 2.75) is 19.8 Å². The molecule has 0 saturated carbocycles. The van der Waals surface area contributed by atoms with Crippen molar-refractivity contribution in [3.63, 3.8) is 0 Å². The van der Waals surface area contributed by atoms with Gasteiger partial charge in [-0.05, 0) is 44.1 Å². The molecule has 0 aromatic rings. The molecule has 0 aliphatic carbocycles. The van der Waals surface area contributed by atoms with Crippen LogP contribution in [0.2, 0.25) is 0 Å². The molecule has 1 saturated heterocycles. The van der Waals surface area contributed by atoms with Gasteiger partial charge < -0.3 is 4.90 Å². The van der Waals surface area contributed by atoms with Gasteiger partial charge in [0.2, 0.25) is 5.24 Å². The van der Waals surface area contributed by atoms with E-state index in [0.717, 1.165) is 32.5 Å². The number of likely N-dealkylation sites (tertiary alicyclic amines) is 1. The predicted octanol–water partition coefficient (Wildman–Crippen LogP) is 1.48. The van der Waals surface area contributed by atoms with Gasteiger partial charge in [0.15, 0.2) is 0 Å². The normalized spacial score (nSPS) is 22.0. The van der Waals surface area contributed by atoms with Crippen LogP contribution in [0.4, 0.5) is 0 Å². The van der Waals surface area contributed by atoms with Gasteiger partial charge in [-0.15, -0.1) is 0 Å². The van der Waals surface area contributed by atoms with Crippen LogP contribution in [-0.2, 0) is 4.79 Å². The second kappa shape index (κ2) is 4.07. The van der Waals surface area contributed by atoms with Gasteiger partial charge in [-0.25, -0.2) is 0 Å². The molecule has 64 valence electrons. The fourth-order valence-corrected chi connectivity index (χ4v) is 1.69. The highest BCUT2D eigenvalue weighted by molar-refractivity contribution is 6.63. The van der Waals surface area contributed by atoms with Gasteiger partial charge in [0.05, 0.1) is 0 Å². The highest BCUT2D eigenvalue weighted by atomic mass is 35.5. The van der Waals surface area contributed by atoms with E-state index in [1.165, 1.54) is 0 Å². The molecule has 0 spiro atoms. The minimum absolute atomic E-state index is 0.125. The third-order valence-corrected chi connectivity index (χ3v) is 2.66. The molecule has 0 bridgehead atoms. The van der Waals surface area contributed by atoms with E-state index in [1.807, 2.05) is 0 Å². The van der Waals surface area contributed by atoms with Gasteiger partial charge in [0, 0.05) is 5.92 Å². The molecule has 1 heterocycles. The van der Waals surface area contributed by atoms with E-state index in [2.05, 4.69) is 11.8 Å². The number of carbonyl (C=O) groups is 1. The largest absolute Gasteiger partial charge is 0.304 e. The summed E-state index contributed by atoms with van der Waals surface area (Å²) in [6.07, 6.45) is 1.88. The zero-order valence-electron chi connectivity index (χ0n) is 6.85. The van der Waals surface area contributed by atoms with Crippen LogP contribution in [0.5, 0.6) is 0 Å². The summed E-state index contributed by atoms with van der Waals surface area (Å²) in [4.78, 5) is 13.1. The Morgan fingerprint density at radius 2 is 2.09 bits per heavy atom. The second-order valence-electron chi connectivity index (χ2n) is 3.01. The van der Waals surface area contributed by atoms with Crippen LogP contribution >= 0.6 is 11.6 Å². The lowest BCUT2D eigenvalue weighted by Crippen LogP contribution is -2.35. The molecule has 0 aromatic carbocycles. The topological polar surface area (TPSA) is 20.3 Å². The van der Waals surface area contributed by atoms with E-state index >= 15 is 0 Å². The number of rotatable bonds is 2. The molecule has 0 atom stereocenters. The molecule has 1 fully saturated rings. The third kappa shape index (κ3) is 2.46. The fourth-order valence-electron chi connectivity index (χ4n) is 1.48. The molecule has 0 aromatic heterocycles. The second-order valence-corrected chi connectivity index (χ2v) is 3.39. The monoisotopic (exact) mass is 175 g/mol. The van der Waals surface area contributed by atoms with Crippen molar-refractivity contribution in [3.8, 4) is 0 Å². The minimum Gasteiger partial charge on any atom is -0.304 e. The Bertz CT molecular complexity index is 141. The van der Waals surface area contributed by atoms with Crippen molar-refractivity contribution >= 4 is 16.8 Å². The van der Waals surface area contributed by atoms with Crippen LogP contribution < -0.4 is 0 Å². The molecule has 1 aliphatic rings. The Morgan fingerprint density at radius 1 is 1.55 bits per heavy atom. The molecule has 0 N–H and O–H groups in total. The first-order valence-corrected chi connectivity index (χ1v) is 4.53. The zero-order chi connectivity index (χ0) is 8.27. The molecule has 1 aliphatic heterocycles. The first-order valence-electron chi connectivity index (χ1n) is 4.15. The molecular weight excluding hydrogens is 162 g/mol. The van der Waals surface area contributed by atoms with Crippen molar-refractivity contribution in [1.82, 2.24) is 4.90 Å². The Balaban J connectivity index is 2.30. The van der Waals surface area contributed by atoms with Crippen molar-refractivity contribution in [2.75, 3.05) is 19.6 Å². The summed E-state index contributed by atoms with van der Waals surface area (Å²) in [5, 5.41) is -0.152. The quantitative estimate of drug-likeness (QED) is 0.593. The summed E-state index contributed by atoms with van der Waals surface area (Å²) in [6.45, 7) is 5.28. The first-order chi connectivity index (χ1) is 5.24.